The van der Waals surface area contributed by atoms with Crippen LogP contribution in [0.5, 0.6) is 0 Å². The maximum atomic E-state index is 6.19. The zero-order valence-corrected chi connectivity index (χ0v) is 38.4. The van der Waals surface area contributed by atoms with Crippen LogP contribution < -0.4 is 26.2 Å². The first-order valence-electron chi connectivity index (χ1n) is 23.3. The van der Waals surface area contributed by atoms with Crippen LogP contribution in [0.3, 0.4) is 0 Å². The zero-order chi connectivity index (χ0) is 44.9. The molecule has 1 aromatic heterocycles. The molecular formula is C62H51BN2O. The molecule has 10 aromatic rings. The van der Waals surface area contributed by atoms with Crippen LogP contribution in [0.15, 0.2) is 205 Å². The van der Waals surface area contributed by atoms with Gasteiger partial charge in [0.1, 0.15) is 11.2 Å². The molecule has 4 heteroatoms. The number of benzene rings is 9. The van der Waals surface area contributed by atoms with E-state index in [-0.39, 0.29) is 17.5 Å². The molecule has 2 aliphatic heterocycles. The van der Waals surface area contributed by atoms with Gasteiger partial charge in [-0.2, -0.15) is 0 Å². The van der Waals surface area contributed by atoms with E-state index in [2.05, 4.69) is 239 Å². The van der Waals surface area contributed by atoms with Gasteiger partial charge in [-0.3, -0.25) is 0 Å². The summed E-state index contributed by atoms with van der Waals surface area (Å²) < 4.78 is 6.19. The van der Waals surface area contributed by atoms with Gasteiger partial charge in [-0.1, -0.05) is 175 Å². The average molecular weight is 851 g/mol. The molecule has 0 saturated heterocycles. The maximum Gasteiger partial charge on any atom is 0.252 e. The van der Waals surface area contributed by atoms with E-state index in [0.29, 0.717) is 0 Å². The smallest absolute Gasteiger partial charge is 0.252 e. The molecule has 66 heavy (non-hydrogen) atoms. The van der Waals surface area contributed by atoms with E-state index < -0.39 is 0 Å². The minimum absolute atomic E-state index is 0.0243. The summed E-state index contributed by atoms with van der Waals surface area (Å²) >= 11 is 0. The van der Waals surface area contributed by atoms with Crippen LogP contribution in [0.4, 0.5) is 34.1 Å². The van der Waals surface area contributed by atoms with Crippen molar-refractivity contribution >= 4 is 79.2 Å². The van der Waals surface area contributed by atoms with E-state index in [1.54, 1.807) is 0 Å². The highest BCUT2D eigenvalue weighted by atomic mass is 16.3. The van der Waals surface area contributed by atoms with Crippen LogP contribution >= 0.6 is 0 Å². The van der Waals surface area contributed by atoms with Crippen LogP contribution in [0.2, 0.25) is 0 Å². The van der Waals surface area contributed by atoms with Gasteiger partial charge in [-0.05, 0) is 133 Å². The number of hydrogen-bond acceptors (Lipinski definition) is 3. The molecule has 318 valence electrons. The highest BCUT2D eigenvalue weighted by Crippen LogP contribution is 2.48. The van der Waals surface area contributed by atoms with Crippen molar-refractivity contribution in [3.63, 3.8) is 0 Å². The first-order valence-corrected chi connectivity index (χ1v) is 23.3. The second kappa shape index (κ2) is 15.0. The summed E-state index contributed by atoms with van der Waals surface area (Å²) in [7, 11) is 0. The van der Waals surface area contributed by atoms with Crippen molar-refractivity contribution in [2.24, 2.45) is 0 Å². The lowest BCUT2D eigenvalue weighted by Crippen LogP contribution is -2.61. The number of furan rings is 1. The first kappa shape index (κ1) is 40.0. The quantitative estimate of drug-likeness (QED) is 0.161. The first-order chi connectivity index (χ1) is 32.0. The van der Waals surface area contributed by atoms with Crippen molar-refractivity contribution in [2.45, 2.75) is 52.4 Å². The summed E-state index contributed by atoms with van der Waals surface area (Å²) in [4.78, 5) is 5.10. The number of para-hydroxylation sites is 1. The minimum atomic E-state index is -0.0463. The number of nitrogens with zero attached hydrogens (tertiary/aromatic N) is 2. The zero-order valence-electron chi connectivity index (χ0n) is 38.4. The third-order valence-corrected chi connectivity index (χ3v) is 14.0. The van der Waals surface area contributed by atoms with E-state index >= 15 is 0 Å². The molecule has 12 rings (SSSR count). The summed E-state index contributed by atoms with van der Waals surface area (Å²) in [6.07, 6.45) is 0. The fourth-order valence-corrected chi connectivity index (χ4v) is 10.5. The SMILES string of the molecule is CC(C)(C)c1ccc2c(c1)N(c1ccc(-c3ccc4oc5ccccc5c4c3)cc1)c1cccc3c1B2c1ccc(C(C)(C)C)cc1N3c1ccc(-c2ccccc2)cc1-c1ccccc1. The Labute approximate surface area is 388 Å². The summed E-state index contributed by atoms with van der Waals surface area (Å²) in [5.74, 6) is 0. The summed E-state index contributed by atoms with van der Waals surface area (Å²) in [5, 5.41) is 2.28. The molecule has 0 unspecified atom stereocenters. The fourth-order valence-electron chi connectivity index (χ4n) is 10.5. The normalized spacial score (nSPS) is 13.2. The molecule has 0 saturated carbocycles. The lowest BCUT2D eigenvalue weighted by atomic mass is 9.33. The Morgan fingerprint density at radius 1 is 0.364 bits per heavy atom. The Morgan fingerprint density at radius 2 is 0.894 bits per heavy atom. The van der Waals surface area contributed by atoms with Crippen molar-refractivity contribution < 1.29 is 4.42 Å². The molecule has 0 atom stereocenters. The van der Waals surface area contributed by atoms with Gasteiger partial charge in [0.2, 0.25) is 0 Å². The molecule has 0 N–H and O–H groups in total. The van der Waals surface area contributed by atoms with Gasteiger partial charge in [0.25, 0.3) is 6.71 Å². The van der Waals surface area contributed by atoms with Gasteiger partial charge in [0.05, 0.1) is 5.69 Å². The van der Waals surface area contributed by atoms with Gasteiger partial charge in [0.15, 0.2) is 0 Å². The largest absolute Gasteiger partial charge is 0.456 e. The van der Waals surface area contributed by atoms with Crippen molar-refractivity contribution in [2.75, 3.05) is 9.80 Å². The Kier molecular flexibility index (Phi) is 9.09. The Balaban J connectivity index is 1.08. The Morgan fingerprint density at radius 3 is 1.56 bits per heavy atom. The molecule has 0 radical (unpaired) electrons. The van der Waals surface area contributed by atoms with E-state index in [1.807, 2.05) is 12.1 Å². The number of hydrogen-bond donors (Lipinski definition) is 0. The van der Waals surface area contributed by atoms with Crippen LogP contribution in [-0.2, 0) is 10.8 Å². The minimum Gasteiger partial charge on any atom is -0.456 e. The van der Waals surface area contributed by atoms with Crippen LogP contribution in [0.25, 0.3) is 55.3 Å². The third kappa shape index (κ3) is 6.50. The van der Waals surface area contributed by atoms with Crippen molar-refractivity contribution in [3.05, 3.63) is 211 Å². The topological polar surface area (TPSA) is 19.6 Å². The second-order valence-electron chi connectivity index (χ2n) is 20.2. The Bertz CT molecular complexity index is 3500. The predicted molar refractivity (Wildman–Crippen MR) is 281 cm³/mol. The van der Waals surface area contributed by atoms with Gasteiger partial charge in [-0.25, -0.2) is 0 Å². The molecule has 0 amide bonds. The molecule has 0 fully saturated rings. The lowest BCUT2D eigenvalue weighted by Gasteiger charge is -2.45. The van der Waals surface area contributed by atoms with E-state index in [4.69, 9.17) is 4.42 Å². The molecule has 9 aromatic carbocycles. The van der Waals surface area contributed by atoms with Crippen molar-refractivity contribution in [3.8, 4) is 33.4 Å². The lowest BCUT2D eigenvalue weighted by molar-refractivity contribution is 0.590. The predicted octanol–water partition coefficient (Wildman–Crippen LogP) is 15.3. The van der Waals surface area contributed by atoms with E-state index in [9.17, 15) is 0 Å². The molecule has 0 bridgehead atoms. The molecular weight excluding hydrogens is 800 g/mol. The molecule has 0 aliphatic carbocycles. The summed E-state index contributed by atoms with van der Waals surface area (Å²) in [5.41, 5.74) is 22.6. The summed E-state index contributed by atoms with van der Waals surface area (Å²) in [6, 6.07) is 74.2. The van der Waals surface area contributed by atoms with Gasteiger partial charge in [0, 0.05) is 44.8 Å². The average Bonchev–Trinajstić information content (AvgIpc) is 3.71. The summed E-state index contributed by atoms with van der Waals surface area (Å²) in [6.45, 7) is 13.9. The number of anilines is 6. The second-order valence-corrected chi connectivity index (χ2v) is 20.2. The Hall–Kier alpha value is -7.56. The van der Waals surface area contributed by atoms with Crippen LogP contribution in [0, 0.1) is 0 Å². The van der Waals surface area contributed by atoms with E-state index in [1.165, 1.54) is 83.6 Å². The van der Waals surface area contributed by atoms with Gasteiger partial charge < -0.3 is 14.2 Å². The number of rotatable bonds is 5. The third-order valence-electron chi connectivity index (χ3n) is 14.0. The highest BCUT2D eigenvalue weighted by molar-refractivity contribution is 7.00. The van der Waals surface area contributed by atoms with Crippen molar-refractivity contribution in [1.82, 2.24) is 0 Å². The van der Waals surface area contributed by atoms with Gasteiger partial charge >= 0.3 is 0 Å². The monoisotopic (exact) mass is 850 g/mol. The number of fused-ring (bicyclic) bond motifs is 7. The molecule has 3 heterocycles. The van der Waals surface area contributed by atoms with Crippen molar-refractivity contribution in [1.29, 1.82) is 0 Å². The van der Waals surface area contributed by atoms with Crippen LogP contribution in [-0.4, -0.2) is 6.71 Å². The molecule has 3 nitrogen and oxygen atoms in total. The van der Waals surface area contributed by atoms with Crippen LogP contribution in [0.1, 0.15) is 52.7 Å². The molecule has 0 spiro atoms. The fraction of sp³-hybridized carbons (Fsp3) is 0.129. The maximum absolute atomic E-state index is 6.19. The van der Waals surface area contributed by atoms with Gasteiger partial charge in [-0.15, -0.1) is 0 Å². The molecule has 2 aliphatic rings. The highest BCUT2D eigenvalue weighted by Gasteiger charge is 2.44. The van der Waals surface area contributed by atoms with E-state index in [0.717, 1.165) is 33.3 Å². The standard InChI is InChI=1S/C62H51BN2O/c1-61(2,3)45-28-32-51-56(38-45)64(47-30-24-41(25-31-47)44-27-35-59-50(37-44)48-20-13-14-23-58(48)66-59)54-21-15-22-55-60(54)63(51)52-33-29-46(62(4,5)6)39-57(52)65(55)53-34-26-43(40-16-9-7-10-17-40)36-49(53)42-18-11-8-12-19-42/h7-39H,1-6H3.